The van der Waals surface area contributed by atoms with E-state index < -0.39 is 0 Å². The molecule has 0 aromatic heterocycles. The molecule has 2 rings (SSSR count). The maximum absolute atomic E-state index is 5.66. The van der Waals surface area contributed by atoms with Crippen LogP contribution in [0.3, 0.4) is 0 Å². The third-order valence-electron chi connectivity index (χ3n) is 3.19. The minimum absolute atomic E-state index is 0.279. The van der Waals surface area contributed by atoms with Crippen molar-refractivity contribution in [3.05, 3.63) is 30.3 Å². The molecule has 2 unspecified atom stereocenters. The molecule has 0 aliphatic carbocycles. The highest BCUT2D eigenvalue weighted by molar-refractivity contribution is 5.20. The average Bonchev–Trinajstić information content (AvgIpc) is 2.90. The van der Waals surface area contributed by atoms with Gasteiger partial charge in [0.15, 0.2) is 0 Å². The molecule has 1 fully saturated rings. The molecule has 1 aromatic rings. The molecule has 0 bridgehead atoms. The zero-order chi connectivity index (χ0) is 11.9. The van der Waals surface area contributed by atoms with E-state index in [-0.39, 0.29) is 6.04 Å². The lowest BCUT2D eigenvalue weighted by Gasteiger charge is -2.21. The lowest BCUT2D eigenvalue weighted by molar-refractivity contribution is 0.170. The Balaban J connectivity index is 1.72. The van der Waals surface area contributed by atoms with E-state index >= 15 is 0 Å². The lowest BCUT2D eigenvalue weighted by Crippen LogP contribution is -2.42. The van der Waals surface area contributed by atoms with Crippen molar-refractivity contribution in [3.63, 3.8) is 0 Å². The zero-order valence-corrected chi connectivity index (χ0v) is 9.97. The van der Waals surface area contributed by atoms with Crippen molar-refractivity contribution in [2.45, 2.75) is 18.9 Å². The Labute approximate surface area is 102 Å². The Kier molecular flexibility index (Phi) is 4.79. The summed E-state index contributed by atoms with van der Waals surface area (Å²) in [4.78, 5) is 0. The van der Waals surface area contributed by atoms with Crippen LogP contribution < -0.4 is 16.0 Å². The van der Waals surface area contributed by atoms with Gasteiger partial charge in [-0.25, -0.2) is 0 Å². The van der Waals surface area contributed by atoms with Crippen LogP contribution >= 0.6 is 0 Å². The predicted octanol–water partition coefficient (Wildman–Crippen LogP) is 1.32. The van der Waals surface area contributed by atoms with Gasteiger partial charge in [0, 0.05) is 18.6 Å². The molecular formula is C13H20N2O2. The van der Waals surface area contributed by atoms with Crippen molar-refractivity contribution in [3.8, 4) is 5.75 Å². The first-order chi connectivity index (χ1) is 8.40. The van der Waals surface area contributed by atoms with Crippen LogP contribution in [0.4, 0.5) is 0 Å². The summed E-state index contributed by atoms with van der Waals surface area (Å²) in [6, 6.07) is 10.1. The molecule has 17 heavy (non-hydrogen) atoms. The summed E-state index contributed by atoms with van der Waals surface area (Å²) in [5.41, 5.74) is 2.87. The minimum atomic E-state index is 0.279. The second-order valence-corrected chi connectivity index (χ2v) is 4.35. The molecule has 0 saturated carbocycles. The Morgan fingerprint density at radius 2 is 2.24 bits per heavy atom. The Morgan fingerprint density at radius 3 is 2.88 bits per heavy atom. The topological polar surface area (TPSA) is 56.5 Å². The summed E-state index contributed by atoms with van der Waals surface area (Å²) in [7, 11) is 0. The summed E-state index contributed by atoms with van der Waals surface area (Å²) in [5.74, 6) is 6.99. The first-order valence-electron chi connectivity index (χ1n) is 6.12. The van der Waals surface area contributed by atoms with Gasteiger partial charge in [-0.3, -0.25) is 11.3 Å². The molecule has 1 aliphatic rings. The van der Waals surface area contributed by atoms with Crippen LogP contribution in [0, 0.1) is 5.92 Å². The fourth-order valence-corrected chi connectivity index (χ4v) is 2.15. The third-order valence-corrected chi connectivity index (χ3v) is 3.19. The maximum atomic E-state index is 5.66. The van der Waals surface area contributed by atoms with Gasteiger partial charge in [-0.2, -0.15) is 0 Å². The van der Waals surface area contributed by atoms with Crippen molar-refractivity contribution in [1.29, 1.82) is 0 Å². The van der Waals surface area contributed by atoms with Crippen molar-refractivity contribution < 1.29 is 9.47 Å². The van der Waals surface area contributed by atoms with Crippen LogP contribution in [0.15, 0.2) is 30.3 Å². The maximum Gasteiger partial charge on any atom is 0.119 e. The molecule has 2 atom stereocenters. The fraction of sp³-hybridized carbons (Fsp3) is 0.538. The number of hydrazine groups is 1. The predicted molar refractivity (Wildman–Crippen MR) is 66.6 cm³/mol. The van der Waals surface area contributed by atoms with Crippen molar-refractivity contribution >= 4 is 0 Å². The van der Waals surface area contributed by atoms with E-state index in [4.69, 9.17) is 15.3 Å². The Hall–Kier alpha value is -1.10. The highest BCUT2D eigenvalue weighted by atomic mass is 16.5. The van der Waals surface area contributed by atoms with Gasteiger partial charge in [-0.1, -0.05) is 18.2 Å². The average molecular weight is 236 g/mol. The van der Waals surface area contributed by atoms with Crippen LogP contribution in [-0.2, 0) is 4.74 Å². The number of nitrogens with one attached hydrogen (secondary N) is 1. The molecule has 3 N–H and O–H groups in total. The molecule has 1 aliphatic heterocycles. The Morgan fingerprint density at radius 1 is 1.41 bits per heavy atom. The SMILES string of the molecule is NNC(CCOc1ccccc1)C1CCOC1. The molecule has 0 radical (unpaired) electrons. The number of hydrogen-bond acceptors (Lipinski definition) is 4. The second-order valence-electron chi connectivity index (χ2n) is 4.35. The molecule has 4 nitrogen and oxygen atoms in total. The number of hydrogen-bond donors (Lipinski definition) is 2. The quantitative estimate of drug-likeness (QED) is 0.578. The summed E-state index contributed by atoms with van der Waals surface area (Å²) in [5, 5.41) is 0. The molecule has 1 heterocycles. The standard InChI is InChI=1S/C13H20N2O2/c14-15-13(11-6-8-16-10-11)7-9-17-12-4-2-1-3-5-12/h1-5,11,13,15H,6-10,14H2. The van der Waals surface area contributed by atoms with Crippen molar-refractivity contribution in [2.75, 3.05) is 19.8 Å². The first kappa shape index (κ1) is 12.4. The molecule has 4 heteroatoms. The number of ether oxygens (including phenoxy) is 2. The molecule has 94 valence electrons. The van der Waals surface area contributed by atoms with Crippen LogP contribution in [0.5, 0.6) is 5.75 Å². The van der Waals surface area contributed by atoms with E-state index in [9.17, 15) is 0 Å². The molecule has 1 aromatic carbocycles. The van der Waals surface area contributed by atoms with Crippen LogP contribution in [0.2, 0.25) is 0 Å². The molecular weight excluding hydrogens is 216 g/mol. The van der Waals surface area contributed by atoms with Crippen molar-refractivity contribution in [1.82, 2.24) is 5.43 Å². The fourth-order valence-electron chi connectivity index (χ4n) is 2.15. The number of rotatable bonds is 6. The van der Waals surface area contributed by atoms with Gasteiger partial charge in [0.25, 0.3) is 0 Å². The molecule has 1 saturated heterocycles. The van der Waals surface area contributed by atoms with Gasteiger partial charge in [0.2, 0.25) is 0 Å². The van der Waals surface area contributed by atoms with Crippen LogP contribution in [-0.4, -0.2) is 25.9 Å². The smallest absolute Gasteiger partial charge is 0.119 e. The summed E-state index contributed by atoms with van der Waals surface area (Å²) in [6.07, 6.45) is 1.99. The zero-order valence-electron chi connectivity index (χ0n) is 9.97. The molecule has 0 spiro atoms. The van der Waals surface area contributed by atoms with Gasteiger partial charge in [-0.15, -0.1) is 0 Å². The lowest BCUT2D eigenvalue weighted by atomic mass is 9.97. The van der Waals surface area contributed by atoms with Gasteiger partial charge in [0.05, 0.1) is 13.2 Å². The van der Waals surface area contributed by atoms with Gasteiger partial charge >= 0.3 is 0 Å². The van der Waals surface area contributed by atoms with E-state index in [2.05, 4.69) is 5.43 Å². The van der Waals surface area contributed by atoms with Crippen molar-refractivity contribution in [2.24, 2.45) is 11.8 Å². The summed E-state index contributed by atoms with van der Waals surface area (Å²) < 4.78 is 11.0. The first-order valence-corrected chi connectivity index (χ1v) is 6.12. The van der Waals surface area contributed by atoms with Gasteiger partial charge in [0.1, 0.15) is 5.75 Å². The number of benzene rings is 1. The highest BCUT2D eigenvalue weighted by Gasteiger charge is 2.24. The second kappa shape index (κ2) is 6.59. The summed E-state index contributed by atoms with van der Waals surface area (Å²) in [6.45, 7) is 2.33. The van der Waals surface area contributed by atoms with E-state index in [0.29, 0.717) is 12.5 Å². The van der Waals surface area contributed by atoms with Gasteiger partial charge < -0.3 is 9.47 Å². The largest absolute Gasteiger partial charge is 0.494 e. The highest BCUT2D eigenvalue weighted by Crippen LogP contribution is 2.19. The molecule has 0 amide bonds. The Bertz CT molecular complexity index is 312. The minimum Gasteiger partial charge on any atom is -0.494 e. The van der Waals surface area contributed by atoms with E-state index in [1.54, 1.807) is 0 Å². The summed E-state index contributed by atoms with van der Waals surface area (Å²) >= 11 is 0. The van der Waals surface area contributed by atoms with E-state index in [1.807, 2.05) is 30.3 Å². The van der Waals surface area contributed by atoms with E-state index in [1.165, 1.54) is 0 Å². The van der Waals surface area contributed by atoms with Gasteiger partial charge in [-0.05, 0) is 25.0 Å². The third kappa shape index (κ3) is 3.70. The monoisotopic (exact) mass is 236 g/mol. The van der Waals surface area contributed by atoms with E-state index in [0.717, 1.165) is 31.8 Å². The van der Waals surface area contributed by atoms with Crippen LogP contribution in [0.25, 0.3) is 0 Å². The van der Waals surface area contributed by atoms with Crippen LogP contribution in [0.1, 0.15) is 12.8 Å². The number of para-hydroxylation sites is 1. The number of nitrogens with two attached hydrogens (primary N) is 1. The normalized spacial score (nSPS) is 21.4.